The maximum absolute atomic E-state index is 12.4. The van der Waals surface area contributed by atoms with Crippen LogP contribution in [0.4, 0.5) is 21.9 Å². The molecule has 0 bridgehead atoms. The molecule has 1 aliphatic heterocycles. The number of benzene rings is 2. The van der Waals surface area contributed by atoms with Gasteiger partial charge in [-0.25, -0.2) is 4.79 Å². The van der Waals surface area contributed by atoms with Crippen LogP contribution in [0.3, 0.4) is 0 Å². The van der Waals surface area contributed by atoms with Crippen molar-refractivity contribution < 1.29 is 14.3 Å². The number of nitrogens with zero attached hydrogens (tertiary/aromatic N) is 1. The second-order valence-corrected chi connectivity index (χ2v) is 6.33. The number of para-hydroxylation sites is 1. The van der Waals surface area contributed by atoms with Crippen LogP contribution >= 0.6 is 0 Å². The van der Waals surface area contributed by atoms with Gasteiger partial charge in [0.05, 0.1) is 13.2 Å². The molecule has 0 aliphatic carbocycles. The fraction of sp³-hybridized carbons (Fsp3) is 0.300. The van der Waals surface area contributed by atoms with Gasteiger partial charge in [-0.15, -0.1) is 0 Å². The molecule has 3 N–H and O–H groups in total. The van der Waals surface area contributed by atoms with Crippen LogP contribution in [-0.4, -0.2) is 44.3 Å². The van der Waals surface area contributed by atoms with Gasteiger partial charge in [0.15, 0.2) is 0 Å². The minimum atomic E-state index is -0.680. The molecule has 1 heterocycles. The van der Waals surface area contributed by atoms with E-state index in [9.17, 15) is 9.59 Å². The number of carbonyl (C=O) groups excluding carboxylic acids is 2. The molecule has 27 heavy (non-hydrogen) atoms. The van der Waals surface area contributed by atoms with E-state index in [1.54, 1.807) is 19.1 Å². The van der Waals surface area contributed by atoms with Gasteiger partial charge in [-0.3, -0.25) is 4.79 Å². The molecule has 3 amide bonds. The van der Waals surface area contributed by atoms with Crippen molar-refractivity contribution in [2.75, 3.05) is 41.8 Å². The lowest BCUT2D eigenvalue weighted by atomic mass is 10.2. The summed E-state index contributed by atoms with van der Waals surface area (Å²) in [5.41, 5.74) is 2.40. The summed E-state index contributed by atoms with van der Waals surface area (Å²) in [5.74, 6) is -0.280. The Bertz CT molecular complexity index is 776. The van der Waals surface area contributed by atoms with Crippen LogP contribution in [0.15, 0.2) is 54.6 Å². The van der Waals surface area contributed by atoms with E-state index in [2.05, 4.69) is 20.9 Å². The molecule has 1 saturated heterocycles. The Hall–Kier alpha value is -3.06. The molecule has 1 fully saturated rings. The van der Waals surface area contributed by atoms with Gasteiger partial charge in [-0.2, -0.15) is 0 Å². The molecule has 3 rings (SSSR count). The van der Waals surface area contributed by atoms with Crippen molar-refractivity contribution in [2.24, 2.45) is 0 Å². The Kier molecular flexibility index (Phi) is 6.27. The highest BCUT2D eigenvalue weighted by Crippen LogP contribution is 2.20. The third kappa shape index (κ3) is 5.46. The third-order valence-electron chi connectivity index (χ3n) is 4.26. The Morgan fingerprint density at radius 1 is 0.963 bits per heavy atom. The largest absolute Gasteiger partial charge is 0.378 e. The molecule has 0 spiro atoms. The average Bonchev–Trinajstić information content (AvgIpc) is 2.69. The van der Waals surface area contributed by atoms with Crippen molar-refractivity contribution in [1.29, 1.82) is 0 Å². The summed E-state index contributed by atoms with van der Waals surface area (Å²) in [4.78, 5) is 26.6. The van der Waals surface area contributed by atoms with Crippen molar-refractivity contribution in [3.8, 4) is 0 Å². The van der Waals surface area contributed by atoms with Crippen molar-refractivity contribution >= 4 is 29.0 Å². The van der Waals surface area contributed by atoms with Crippen LogP contribution in [0.2, 0.25) is 0 Å². The predicted molar refractivity (Wildman–Crippen MR) is 106 cm³/mol. The van der Waals surface area contributed by atoms with Crippen molar-refractivity contribution in [3.05, 3.63) is 54.6 Å². The second-order valence-electron chi connectivity index (χ2n) is 6.33. The summed E-state index contributed by atoms with van der Waals surface area (Å²) in [7, 11) is 0. The minimum Gasteiger partial charge on any atom is -0.378 e. The monoisotopic (exact) mass is 368 g/mol. The number of rotatable bonds is 5. The van der Waals surface area contributed by atoms with Gasteiger partial charge in [-0.1, -0.05) is 24.3 Å². The van der Waals surface area contributed by atoms with Crippen LogP contribution in [-0.2, 0) is 9.53 Å². The fourth-order valence-corrected chi connectivity index (χ4v) is 2.80. The highest BCUT2D eigenvalue weighted by atomic mass is 16.5. The molecular weight excluding hydrogens is 344 g/mol. The number of hydrogen-bond donors (Lipinski definition) is 3. The van der Waals surface area contributed by atoms with E-state index in [-0.39, 0.29) is 5.91 Å². The van der Waals surface area contributed by atoms with E-state index in [1.165, 1.54) is 0 Å². The minimum absolute atomic E-state index is 0.280. The van der Waals surface area contributed by atoms with Gasteiger partial charge >= 0.3 is 6.03 Å². The zero-order valence-corrected chi connectivity index (χ0v) is 15.3. The molecule has 2 aromatic rings. The number of anilines is 3. The molecule has 0 aromatic heterocycles. The van der Waals surface area contributed by atoms with Gasteiger partial charge < -0.3 is 25.6 Å². The molecule has 142 valence electrons. The normalized spacial score (nSPS) is 14.9. The fourth-order valence-electron chi connectivity index (χ4n) is 2.80. The molecule has 7 heteroatoms. The Morgan fingerprint density at radius 2 is 1.67 bits per heavy atom. The SMILES string of the molecule is CC(NC(=O)Nc1ccccc1)C(=O)Nc1cccc(N2CCOCC2)c1. The maximum Gasteiger partial charge on any atom is 0.319 e. The first kappa shape index (κ1) is 18.7. The Balaban J connectivity index is 1.54. The van der Waals surface area contributed by atoms with Gasteiger partial charge in [0.2, 0.25) is 5.91 Å². The molecule has 1 aliphatic rings. The van der Waals surface area contributed by atoms with E-state index >= 15 is 0 Å². The Labute approximate surface area is 158 Å². The zero-order chi connectivity index (χ0) is 19.1. The van der Waals surface area contributed by atoms with Gasteiger partial charge in [0, 0.05) is 30.2 Å². The van der Waals surface area contributed by atoms with Crippen LogP contribution in [0.1, 0.15) is 6.92 Å². The van der Waals surface area contributed by atoms with E-state index < -0.39 is 12.1 Å². The van der Waals surface area contributed by atoms with E-state index in [0.717, 1.165) is 18.8 Å². The smallest absolute Gasteiger partial charge is 0.319 e. The summed E-state index contributed by atoms with van der Waals surface area (Å²) < 4.78 is 5.37. The van der Waals surface area contributed by atoms with E-state index in [4.69, 9.17) is 4.74 Å². The predicted octanol–water partition coefficient (Wildman–Crippen LogP) is 2.67. The van der Waals surface area contributed by atoms with E-state index in [1.807, 2.05) is 42.5 Å². The van der Waals surface area contributed by atoms with Crippen molar-refractivity contribution in [3.63, 3.8) is 0 Å². The number of hydrogen-bond acceptors (Lipinski definition) is 4. The van der Waals surface area contributed by atoms with Crippen LogP contribution in [0.5, 0.6) is 0 Å². The molecule has 0 saturated carbocycles. The quantitative estimate of drug-likeness (QED) is 0.758. The summed E-state index contributed by atoms with van der Waals surface area (Å²) >= 11 is 0. The number of morpholine rings is 1. The van der Waals surface area contributed by atoms with Crippen LogP contribution < -0.4 is 20.9 Å². The Morgan fingerprint density at radius 3 is 2.41 bits per heavy atom. The van der Waals surface area contributed by atoms with Gasteiger partial charge in [0.25, 0.3) is 0 Å². The molecule has 7 nitrogen and oxygen atoms in total. The van der Waals surface area contributed by atoms with Crippen molar-refractivity contribution in [2.45, 2.75) is 13.0 Å². The number of urea groups is 1. The summed E-state index contributed by atoms with van der Waals surface area (Å²) in [5, 5.41) is 8.18. The lowest BCUT2D eigenvalue weighted by molar-refractivity contribution is -0.117. The number of nitrogens with one attached hydrogen (secondary N) is 3. The first-order valence-electron chi connectivity index (χ1n) is 8.98. The third-order valence-corrected chi connectivity index (χ3v) is 4.26. The lowest BCUT2D eigenvalue weighted by Crippen LogP contribution is -2.43. The highest BCUT2D eigenvalue weighted by molar-refractivity contribution is 5.99. The molecule has 1 atom stereocenters. The average molecular weight is 368 g/mol. The standard InChI is InChI=1S/C20H24N4O3/c1-15(21-20(26)23-16-6-3-2-4-7-16)19(25)22-17-8-5-9-18(14-17)24-10-12-27-13-11-24/h2-9,14-15H,10-13H2,1H3,(H,22,25)(H2,21,23,26). The summed E-state index contributed by atoms with van der Waals surface area (Å²) in [6, 6.07) is 15.6. The first-order chi connectivity index (χ1) is 13.1. The van der Waals surface area contributed by atoms with Crippen molar-refractivity contribution in [1.82, 2.24) is 5.32 Å². The maximum atomic E-state index is 12.4. The van der Waals surface area contributed by atoms with Crippen LogP contribution in [0.25, 0.3) is 0 Å². The van der Waals surface area contributed by atoms with Crippen LogP contribution in [0, 0.1) is 0 Å². The number of ether oxygens (including phenoxy) is 1. The molecule has 0 radical (unpaired) electrons. The summed E-state index contributed by atoms with van der Waals surface area (Å²) in [6.45, 7) is 4.71. The first-order valence-corrected chi connectivity index (χ1v) is 8.98. The number of amides is 3. The highest BCUT2D eigenvalue weighted by Gasteiger charge is 2.17. The van der Waals surface area contributed by atoms with Gasteiger partial charge in [0.1, 0.15) is 6.04 Å². The molecule has 2 aromatic carbocycles. The molecule has 1 unspecified atom stereocenters. The lowest BCUT2D eigenvalue weighted by Gasteiger charge is -2.29. The topological polar surface area (TPSA) is 82.7 Å². The molecular formula is C20H24N4O3. The summed E-state index contributed by atoms with van der Waals surface area (Å²) in [6.07, 6.45) is 0. The zero-order valence-electron chi connectivity index (χ0n) is 15.3. The second kappa shape index (κ2) is 9.05. The van der Waals surface area contributed by atoms with Gasteiger partial charge in [-0.05, 0) is 37.3 Å². The number of carbonyl (C=O) groups is 2. The van der Waals surface area contributed by atoms with E-state index in [0.29, 0.717) is 24.6 Å².